The minimum Gasteiger partial charge on any atom is -0.484 e. The molecule has 0 atom stereocenters. The maximum Gasteiger partial charge on any atom is 0.277 e. The van der Waals surface area contributed by atoms with Crippen molar-refractivity contribution in [3.8, 4) is 11.8 Å². The predicted molar refractivity (Wildman–Crippen MR) is 152 cm³/mol. The smallest absolute Gasteiger partial charge is 0.277 e. The minimum absolute atomic E-state index is 0.116. The number of nitrogens with one attached hydrogen (secondary N) is 1. The Balaban J connectivity index is 1.25. The number of hydrazone groups is 1. The SMILES string of the molecule is Cc1c(/C=N\NC(=O)COc2ccc(C3SCCS3)cc2)c2ccccc2n1Cc1ccccc1C#N. The van der Waals surface area contributed by atoms with Gasteiger partial charge in [0.1, 0.15) is 5.75 Å². The third-order valence-corrected chi connectivity index (χ3v) is 9.38. The highest BCUT2D eigenvalue weighted by atomic mass is 32.2. The zero-order valence-corrected chi connectivity index (χ0v) is 22.0. The summed E-state index contributed by atoms with van der Waals surface area (Å²) in [5, 5.41) is 14.7. The van der Waals surface area contributed by atoms with Gasteiger partial charge in [-0.1, -0.05) is 48.5 Å². The number of carbonyl (C=O) groups excluding carboxylic acids is 1. The van der Waals surface area contributed by atoms with Gasteiger partial charge in [0.2, 0.25) is 0 Å². The number of rotatable bonds is 8. The van der Waals surface area contributed by atoms with Crippen LogP contribution in [-0.2, 0) is 11.3 Å². The van der Waals surface area contributed by atoms with Crippen LogP contribution in [0.3, 0.4) is 0 Å². The standard InChI is InChI=1S/C29H26N4O2S2/c1-20-26(25-8-4-5-9-27(25)33(20)18-23-7-3-2-6-22(23)16-30)17-31-32-28(34)19-35-24-12-10-21(11-13-24)29-36-14-15-37-29/h2-13,17,29H,14-15,18-19H2,1H3,(H,32,34)/b31-17-. The molecule has 37 heavy (non-hydrogen) atoms. The Morgan fingerprint density at radius 3 is 2.62 bits per heavy atom. The molecule has 0 radical (unpaired) electrons. The summed E-state index contributed by atoms with van der Waals surface area (Å²) < 4.78 is 8.30. The molecule has 2 heterocycles. The van der Waals surface area contributed by atoms with Crippen molar-refractivity contribution in [1.29, 1.82) is 5.26 Å². The molecule has 1 fully saturated rings. The van der Waals surface area contributed by atoms with E-state index < -0.39 is 0 Å². The first-order valence-corrected chi connectivity index (χ1v) is 14.1. The fourth-order valence-electron chi connectivity index (χ4n) is 4.38. The molecular formula is C29H26N4O2S2. The van der Waals surface area contributed by atoms with Crippen molar-refractivity contribution in [2.45, 2.75) is 18.1 Å². The molecule has 186 valence electrons. The van der Waals surface area contributed by atoms with Crippen LogP contribution in [0.1, 0.15) is 32.5 Å². The molecule has 0 unspecified atom stereocenters. The van der Waals surface area contributed by atoms with E-state index in [1.54, 1.807) is 6.21 Å². The normalized spacial score (nSPS) is 13.7. The summed E-state index contributed by atoms with van der Waals surface area (Å²) in [7, 11) is 0. The summed E-state index contributed by atoms with van der Waals surface area (Å²) in [5.74, 6) is 2.70. The second-order valence-corrected chi connectivity index (χ2v) is 11.3. The van der Waals surface area contributed by atoms with Gasteiger partial charge in [-0.05, 0) is 42.3 Å². The van der Waals surface area contributed by atoms with Gasteiger partial charge >= 0.3 is 0 Å². The quantitative estimate of drug-likeness (QED) is 0.229. The number of amides is 1. The van der Waals surface area contributed by atoms with Gasteiger partial charge in [-0.3, -0.25) is 4.79 Å². The topological polar surface area (TPSA) is 79.4 Å². The molecule has 5 rings (SSSR count). The summed E-state index contributed by atoms with van der Waals surface area (Å²) in [4.78, 5) is 12.4. The fraction of sp³-hybridized carbons (Fsp3) is 0.207. The summed E-state index contributed by atoms with van der Waals surface area (Å²) in [6.45, 7) is 2.48. The summed E-state index contributed by atoms with van der Waals surface area (Å²) in [5.41, 5.74) is 8.43. The first-order valence-electron chi connectivity index (χ1n) is 12.0. The molecule has 0 bridgehead atoms. The molecule has 1 N–H and O–H groups in total. The first kappa shape index (κ1) is 25.0. The van der Waals surface area contributed by atoms with Gasteiger partial charge in [0.25, 0.3) is 5.91 Å². The second-order valence-electron chi connectivity index (χ2n) is 8.60. The van der Waals surface area contributed by atoms with Crippen LogP contribution in [0.15, 0.2) is 77.9 Å². The minimum atomic E-state index is -0.327. The van der Waals surface area contributed by atoms with Crippen LogP contribution >= 0.6 is 23.5 Å². The Labute approximate surface area is 224 Å². The number of benzene rings is 3. The zero-order valence-electron chi connectivity index (χ0n) is 20.4. The van der Waals surface area contributed by atoms with E-state index in [9.17, 15) is 10.1 Å². The second kappa shape index (κ2) is 11.6. The molecule has 0 spiro atoms. The number of nitriles is 1. The number of nitrogens with zero attached hydrogens (tertiary/aromatic N) is 3. The van der Waals surface area contributed by atoms with E-state index in [2.05, 4.69) is 39.4 Å². The monoisotopic (exact) mass is 526 g/mol. The lowest BCUT2D eigenvalue weighted by atomic mass is 10.1. The van der Waals surface area contributed by atoms with Crippen molar-refractivity contribution in [3.05, 3.63) is 101 Å². The van der Waals surface area contributed by atoms with Crippen LogP contribution in [0, 0.1) is 18.3 Å². The molecular weight excluding hydrogens is 500 g/mol. The third kappa shape index (κ3) is 5.68. The number of para-hydroxylation sites is 1. The molecule has 1 aliphatic rings. The van der Waals surface area contributed by atoms with E-state index in [-0.39, 0.29) is 12.5 Å². The van der Waals surface area contributed by atoms with Crippen LogP contribution in [0.5, 0.6) is 5.75 Å². The number of carbonyl (C=O) groups is 1. The van der Waals surface area contributed by atoms with E-state index in [1.165, 1.54) is 17.1 Å². The van der Waals surface area contributed by atoms with Crippen LogP contribution in [0.2, 0.25) is 0 Å². The van der Waals surface area contributed by atoms with Crippen molar-refractivity contribution in [1.82, 2.24) is 9.99 Å². The highest BCUT2D eigenvalue weighted by Gasteiger charge is 2.18. The predicted octanol–water partition coefficient (Wildman–Crippen LogP) is 5.88. The fourth-order valence-corrected chi connectivity index (χ4v) is 7.24. The number of hydrogen-bond acceptors (Lipinski definition) is 6. The maximum atomic E-state index is 12.4. The maximum absolute atomic E-state index is 12.4. The van der Waals surface area contributed by atoms with E-state index in [0.717, 1.165) is 27.7 Å². The number of ether oxygens (including phenoxy) is 1. The van der Waals surface area contributed by atoms with Crippen molar-refractivity contribution in [2.75, 3.05) is 18.1 Å². The number of thioether (sulfide) groups is 2. The van der Waals surface area contributed by atoms with Crippen LogP contribution in [-0.4, -0.2) is 34.8 Å². The Bertz CT molecular complexity index is 1480. The van der Waals surface area contributed by atoms with E-state index >= 15 is 0 Å². The Morgan fingerprint density at radius 2 is 1.84 bits per heavy atom. The Hall–Kier alpha value is -3.67. The Kier molecular flexibility index (Phi) is 7.83. The number of hydrogen-bond donors (Lipinski definition) is 1. The van der Waals surface area contributed by atoms with E-state index in [0.29, 0.717) is 22.4 Å². The summed E-state index contributed by atoms with van der Waals surface area (Å²) >= 11 is 3.92. The average Bonchev–Trinajstić information content (AvgIpc) is 3.56. The highest BCUT2D eigenvalue weighted by Crippen LogP contribution is 2.45. The Morgan fingerprint density at radius 1 is 1.11 bits per heavy atom. The molecule has 1 aromatic heterocycles. The largest absolute Gasteiger partial charge is 0.484 e. The molecule has 6 nitrogen and oxygen atoms in total. The summed E-state index contributed by atoms with van der Waals surface area (Å²) in [6, 6.07) is 25.9. The van der Waals surface area contributed by atoms with E-state index in [1.807, 2.05) is 85.0 Å². The first-order chi connectivity index (χ1) is 18.1. The lowest BCUT2D eigenvalue weighted by Gasteiger charge is -2.10. The lowest BCUT2D eigenvalue weighted by molar-refractivity contribution is -0.123. The molecule has 8 heteroatoms. The van der Waals surface area contributed by atoms with Crippen molar-refractivity contribution in [3.63, 3.8) is 0 Å². The van der Waals surface area contributed by atoms with Gasteiger partial charge in [0.05, 0.1) is 22.4 Å². The van der Waals surface area contributed by atoms with Crippen molar-refractivity contribution >= 4 is 46.5 Å². The molecule has 1 amide bonds. The lowest BCUT2D eigenvalue weighted by Crippen LogP contribution is -2.24. The molecule has 0 saturated carbocycles. The third-order valence-electron chi connectivity index (χ3n) is 6.27. The van der Waals surface area contributed by atoms with Gasteiger partial charge in [0, 0.05) is 40.2 Å². The van der Waals surface area contributed by atoms with Gasteiger partial charge in [0.15, 0.2) is 6.61 Å². The van der Waals surface area contributed by atoms with Gasteiger partial charge in [-0.25, -0.2) is 5.43 Å². The molecule has 1 aliphatic heterocycles. The number of fused-ring (bicyclic) bond motifs is 1. The molecule has 3 aromatic carbocycles. The van der Waals surface area contributed by atoms with Gasteiger partial charge < -0.3 is 9.30 Å². The van der Waals surface area contributed by atoms with E-state index in [4.69, 9.17) is 4.74 Å². The highest BCUT2D eigenvalue weighted by molar-refractivity contribution is 8.19. The van der Waals surface area contributed by atoms with Crippen molar-refractivity contribution in [2.24, 2.45) is 5.10 Å². The van der Waals surface area contributed by atoms with Gasteiger partial charge in [-0.15, -0.1) is 23.5 Å². The van der Waals surface area contributed by atoms with Gasteiger partial charge in [-0.2, -0.15) is 10.4 Å². The van der Waals surface area contributed by atoms with Crippen molar-refractivity contribution < 1.29 is 9.53 Å². The molecule has 1 saturated heterocycles. The van der Waals surface area contributed by atoms with Crippen LogP contribution in [0.25, 0.3) is 10.9 Å². The number of aromatic nitrogens is 1. The van der Waals surface area contributed by atoms with Crippen LogP contribution < -0.4 is 10.2 Å². The average molecular weight is 527 g/mol. The summed E-state index contributed by atoms with van der Waals surface area (Å²) in [6.07, 6.45) is 1.67. The molecule has 0 aliphatic carbocycles. The zero-order chi connectivity index (χ0) is 25.6. The molecule has 4 aromatic rings. The van der Waals surface area contributed by atoms with Crippen LogP contribution in [0.4, 0.5) is 0 Å².